The number of amides is 1. The molecule has 2 aromatic carbocycles. The van der Waals surface area contributed by atoms with Gasteiger partial charge in [-0.15, -0.1) is 0 Å². The molecule has 0 aliphatic rings. The first-order valence-corrected chi connectivity index (χ1v) is 7.83. The molecule has 128 valence electrons. The summed E-state index contributed by atoms with van der Waals surface area (Å²) in [6.45, 7) is 1.93. The lowest BCUT2D eigenvalue weighted by molar-refractivity contribution is 0.102. The van der Waals surface area contributed by atoms with Crippen LogP contribution in [-0.2, 0) is 4.74 Å². The zero-order chi connectivity index (χ0) is 17.8. The molecule has 0 aliphatic carbocycles. The maximum atomic E-state index is 13.8. The van der Waals surface area contributed by atoms with Crippen molar-refractivity contribution in [3.05, 3.63) is 77.9 Å². The Balaban J connectivity index is 1.78. The summed E-state index contributed by atoms with van der Waals surface area (Å²) in [6, 6.07) is 15.2. The maximum Gasteiger partial charge on any atom is 0.276 e. The van der Waals surface area contributed by atoms with Crippen LogP contribution in [0, 0.1) is 5.82 Å². The van der Waals surface area contributed by atoms with Crippen LogP contribution in [0.1, 0.15) is 29.1 Å². The van der Waals surface area contributed by atoms with Crippen molar-refractivity contribution < 1.29 is 13.9 Å². The summed E-state index contributed by atoms with van der Waals surface area (Å²) in [5.74, 6) is -0.767. The van der Waals surface area contributed by atoms with E-state index in [0.29, 0.717) is 5.69 Å². The van der Waals surface area contributed by atoms with E-state index in [1.165, 1.54) is 10.7 Å². The predicted molar refractivity (Wildman–Crippen MR) is 93.3 cm³/mol. The molecule has 3 aromatic rings. The number of ether oxygens (including phenoxy) is 1. The molecule has 5 nitrogen and oxygen atoms in total. The monoisotopic (exact) mass is 339 g/mol. The molecule has 25 heavy (non-hydrogen) atoms. The highest BCUT2D eigenvalue weighted by Gasteiger charge is 2.13. The number of carbonyl (C=O) groups is 1. The number of methoxy groups -OCH3 is 1. The summed E-state index contributed by atoms with van der Waals surface area (Å²) >= 11 is 0. The predicted octanol–water partition coefficient (Wildman–Crippen LogP) is 3.97. The number of nitrogens with zero attached hydrogens (tertiary/aromatic N) is 2. The third-order valence-corrected chi connectivity index (χ3v) is 3.89. The molecule has 6 heteroatoms. The minimum atomic E-state index is -0.404. The highest BCUT2D eigenvalue weighted by atomic mass is 19.1. The molecule has 0 saturated carbocycles. The van der Waals surface area contributed by atoms with Crippen LogP contribution in [0.3, 0.4) is 0 Å². The highest BCUT2D eigenvalue weighted by Crippen LogP contribution is 2.20. The minimum absolute atomic E-state index is 0.0721. The third kappa shape index (κ3) is 3.75. The van der Waals surface area contributed by atoms with Crippen molar-refractivity contribution in [2.24, 2.45) is 0 Å². The van der Waals surface area contributed by atoms with Gasteiger partial charge in [-0.3, -0.25) is 4.79 Å². The summed E-state index contributed by atoms with van der Waals surface area (Å²) in [6.07, 6.45) is 1.48. The number of carbonyl (C=O) groups excluding carboxylic acids is 1. The van der Waals surface area contributed by atoms with Crippen molar-refractivity contribution in [2.75, 3.05) is 12.4 Å². The summed E-state index contributed by atoms with van der Waals surface area (Å²) in [4.78, 5) is 12.4. The lowest BCUT2D eigenvalue weighted by Crippen LogP contribution is -2.13. The number of hydrogen-bond acceptors (Lipinski definition) is 3. The molecule has 0 aliphatic heterocycles. The molecular formula is C19H18FN3O2. The number of para-hydroxylation sites is 1. The van der Waals surface area contributed by atoms with E-state index in [2.05, 4.69) is 10.4 Å². The van der Waals surface area contributed by atoms with Gasteiger partial charge in [0.1, 0.15) is 11.5 Å². The van der Waals surface area contributed by atoms with E-state index in [0.717, 1.165) is 5.56 Å². The first kappa shape index (κ1) is 16.9. The van der Waals surface area contributed by atoms with Gasteiger partial charge in [-0.2, -0.15) is 5.10 Å². The molecule has 1 amide bonds. The van der Waals surface area contributed by atoms with Gasteiger partial charge in [0.25, 0.3) is 5.91 Å². The molecule has 0 spiro atoms. The van der Waals surface area contributed by atoms with E-state index in [9.17, 15) is 9.18 Å². The van der Waals surface area contributed by atoms with Crippen molar-refractivity contribution in [3.8, 4) is 5.69 Å². The Kier molecular flexibility index (Phi) is 4.90. The Morgan fingerprint density at radius 3 is 2.76 bits per heavy atom. The summed E-state index contributed by atoms with van der Waals surface area (Å²) in [5, 5.41) is 6.94. The van der Waals surface area contributed by atoms with Crippen LogP contribution in [0.4, 0.5) is 10.1 Å². The second kappa shape index (κ2) is 7.27. The summed E-state index contributed by atoms with van der Waals surface area (Å²) < 4.78 is 20.4. The number of hydrogen-bond donors (Lipinski definition) is 1. The Morgan fingerprint density at radius 2 is 2.00 bits per heavy atom. The van der Waals surface area contributed by atoms with Gasteiger partial charge < -0.3 is 10.1 Å². The van der Waals surface area contributed by atoms with Gasteiger partial charge in [0.15, 0.2) is 5.69 Å². The van der Waals surface area contributed by atoms with E-state index in [1.807, 2.05) is 25.1 Å². The molecule has 1 unspecified atom stereocenters. The molecule has 1 heterocycles. The Labute approximate surface area is 145 Å². The molecular weight excluding hydrogens is 321 g/mol. The zero-order valence-corrected chi connectivity index (χ0v) is 13.9. The first-order valence-electron chi connectivity index (χ1n) is 7.83. The van der Waals surface area contributed by atoms with Crippen LogP contribution >= 0.6 is 0 Å². The second-order valence-electron chi connectivity index (χ2n) is 5.55. The fraction of sp³-hybridized carbons (Fsp3) is 0.158. The molecule has 0 radical (unpaired) electrons. The fourth-order valence-corrected chi connectivity index (χ4v) is 2.42. The van der Waals surface area contributed by atoms with Crippen LogP contribution in [-0.4, -0.2) is 22.8 Å². The Bertz CT molecular complexity index is 892. The molecule has 3 rings (SSSR count). The summed E-state index contributed by atoms with van der Waals surface area (Å²) in [5.41, 5.74) is 2.09. The van der Waals surface area contributed by atoms with Crippen LogP contribution in [0.5, 0.6) is 0 Å². The van der Waals surface area contributed by atoms with E-state index < -0.39 is 5.82 Å². The van der Waals surface area contributed by atoms with Gasteiger partial charge in [0.05, 0.1) is 6.10 Å². The topological polar surface area (TPSA) is 56.1 Å². The first-order chi connectivity index (χ1) is 12.1. The molecule has 0 saturated heterocycles. The van der Waals surface area contributed by atoms with Crippen LogP contribution < -0.4 is 5.32 Å². The van der Waals surface area contributed by atoms with Crippen molar-refractivity contribution >= 4 is 11.6 Å². The number of benzene rings is 2. The van der Waals surface area contributed by atoms with Crippen molar-refractivity contribution in [3.63, 3.8) is 0 Å². The lowest BCUT2D eigenvalue weighted by atomic mass is 10.1. The SMILES string of the molecule is COC(C)c1cccc(NC(=O)c2ccn(-c3ccccc3F)n2)c1. The van der Waals surface area contributed by atoms with Crippen LogP contribution in [0.25, 0.3) is 5.69 Å². The van der Waals surface area contributed by atoms with Gasteiger partial charge in [-0.25, -0.2) is 9.07 Å². The minimum Gasteiger partial charge on any atom is -0.377 e. The quantitative estimate of drug-likeness (QED) is 0.765. The fourth-order valence-electron chi connectivity index (χ4n) is 2.42. The molecule has 0 bridgehead atoms. The van der Waals surface area contributed by atoms with Crippen LogP contribution in [0.15, 0.2) is 60.8 Å². The average molecular weight is 339 g/mol. The van der Waals surface area contributed by atoms with Crippen molar-refractivity contribution in [2.45, 2.75) is 13.0 Å². The largest absolute Gasteiger partial charge is 0.377 e. The lowest BCUT2D eigenvalue weighted by Gasteiger charge is -2.11. The zero-order valence-electron chi connectivity index (χ0n) is 13.9. The van der Waals surface area contributed by atoms with Gasteiger partial charge in [-0.05, 0) is 42.8 Å². The molecule has 1 N–H and O–H groups in total. The smallest absolute Gasteiger partial charge is 0.276 e. The molecule has 0 fully saturated rings. The number of anilines is 1. The van der Waals surface area contributed by atoms with Crippen LogP contribution in [0.2, 0.25) is 0 Å². The van der Waals surface area contributed by atoms with E-state index in [-0.39, 0.29) is 23.4 Å². The van der Waals surface area contributed by atoms with E-state index in [1.54, 1.807) is 43.6 Å². The Morgan fingerprint density at radius 1 is 1.20 bits per heavy atom. The number of halogens is 1. The maximum absolute atomic E-state index is 13.8. The third-order valence-electron chi connectivity index (χ3n) is 3.89. The average Bonchev–Trinajstić information content (AvgIpc) is 3.11. The molecule has 1 atom stereocenters. The van der Waals surface area contributed by atoms with Gasteiger partial charge in [0.2, 0.25) is 0 Å². The van der Waals surface area contributed by atoms with E-state index in [4.69, 9.17) is 4.74 Å². The van der Waals surface area contributed by atoms with Gasteiger partial charge >= 0.3 is 0 Å². The van der Waals surface area contributed by atoms with E-state index >= 15 is 0 Å². The van der Waals surface area contributed by atoms with Gasteiger partial charge in [0, 0.05) is 19.0 Å². The number of rotatable bonds is 5. The highest BCUT2D eigenvalue weighted by molar-refractivity contribution is 6.02. The normalized spacial score (nSPS) is 12.0. The van der Waals surface area contributed by atoms with Crippen molar-refractivity contribution in [1.82, 2.24) is 9.78 Å². The summed E-state index contributed by atoms with van der Waals surface area (Å²) in [7, 11) is 1.63. The number of aromatic nitrogens is 2. The Hall–Kier alpha value is -2.99. The molecule has 1 aromatic heterocycles. The van der Waals surface area contributed by atoms with Gasteiger partial charge in [-0.1, -0.05) is 24.3 Å². The van der Waals surface area contributed by atoms with Crippen molar-refractivity contribution in [1.29, 1.82) is 0 Å². The second-order valence-corrected chi connectivity index (χ2v) is 5.55. The number of nitrogens with one attached hydrogen (secondary N) is 1. The standard InChI is InChI=1S/C19H18FN3O2/c1-13(25-2)14-6-5-7-15(12-14)21-19(24)17-10-11-23(22-17)18-9-4-3-8-16(18)20/h3-13H,1-2H3,(H,21,24).